The number of thiazole rings is 1. The number of nitrogens with one attached hydrogen (secondary N) is 2. The van der Waals surface area contributed by atoms with Gasteiger partial charge >= 0.3 is 0 Å². The van der Waals surface area contributed by atoms with Gasteiger partial charge in [0.25, 0.3) is 0 Å². The third kappa shape index (κ3) is 7.01. The first-order valence-electron chi connectivity index (χ1n) is 13.5. The minimum absolute atomic E-state index is 0.0173. The molecule has 0 bridgehead atoms. The number of hydrogen-bond acceptors (Lipinski definition) is 8. The van der Waals surface area contributed by atoms with Crippen LogP contribution < -0.4 is 10.6 Å². The summed E-state index contributed by atoms with van der Waals surface area (Å²) < 4.78 is 5.41. The zero-order chi connectivity index (χ0) is 29.7. The quantitative estimate of drug-likeness (QED) is 0.315. The average Bonchev–Trinajstić information content (AvgIpc) is 3.66. The second-order valence-corrected chi connectivity index (χ2v) is 11.5. The fourth-order valence-electron chi connectivity index (χ4n) is 5.12. The van der Waals surface area contributed by atoms with Gasteiger partial charge in [0.2, 0.25) is 17.7 Å². The van der Waals surface area contributed by atoms with Crippen LogP contribution in [0.5, 0.6) is 0 Å². The van der Waals surface area contributed by atoms with Crippen molar-refractivity contribution in [2.75, 3.05) is 13.1 Å². The normalized spacial score (nSPS) is 18.1. The number of rotatable bonds is 10. The van der Waals surface area contributed by atoms with Gasteiger partial charge in [-0.05, 0) is 30.9 Å². The van der Waals surface area contributed by atoms with Crippen molar-refractivity contribution in [3.63, 3.8) is 0 Å². The highest BCUT2D eigenvalue weighted by atomic mass is 32.1. The number of carbonyl (C=O) groups excluding carboxylic acids is 3. The van der Waals surface area contributed by atoms with Crippen LogP contribution in [0, 0.1) is 32.1 Å². The summed E-state index contributed by atoms with van der Waals surface area (Å²) in [5, 5.41) is 20.0. The third-order valence-electron chi connectivity index (χ3n) is 7.16. The van der Waals surface area contributed by atoms with E-state index in [9.17, 15) is 19.5 Å². The van der Waals surface area contributed by atoms with Crippen molar-refractivity contribution in [3.05, 3.63) is 58.6 Å². The number of amides is 3. The van der Waals surface area contributed by atoms with E-state index in [1.54, 1.807) is 18.5 Å². The summed E-state index contributed by atoms with van der Waals surface area (Å²) in [6.45, 7) is 7.58. The second-order valence-electron chi connectivity index (χ2n) is 10.6. The van der Waals surface area contributed by atoms with Crippen molar-refractivity contribution in [1.29, 1.82) is 0 Å². The summed E-state index contributed by atoms with van der Waals surface area (Å²) in [5.41, 5.74) is 5.05. The maximum atomic E-state index is 13.7. The molecule has 11 heteroatoms. The van der Waals surface area contributed by atoms with Crippen LogP contribution >= 0.6 is 11.3 Å². The van der Waals surface area contributed by atoms with Gasteiger partial charge in [0, 0.05) is 19.0 Å². The van der Waals surface area contributed by atoms with E-state index in [1.165, 1.54) is 16.2 Å². The van der Waals surface area contributed by atoms with Gasteiger partial charge in [0.05, 0.1) is 46.9 Å². The van der Waals surface area contributed by atoms with Crippen LogP contribution in [0.25, 0.3) is 10.4 Å². The van der Waals surface area contributed by atoms with Crippen LogP contribution in [0.4, 0.5) is 0 Å². The molecule has 4 atom stereocenters. The van der Waals surface area contributed by atoms with Crippen molar-refractivity contribution in [2.45, 2.75) is 64.6 Å². The summed E-state index contributed by atoms with van der Waals surface area (Å²) in [6, 6.07) is 7.68. The number of aliphatic hydroxyl groups excluding tert-OH is 1. The van der Waals surface area contributed by atoms with Crippen molar-refractivity contribution >= 4 is 29.1 Å². The zero-order valence-corrected chi connectivity index (χ0v) is 24.4. The molecule has 3 amide bonds. The molecule has 1 aromatic carbocycles. The average molecular weight is 578 g/mol. The van der Waals surface area contributed by atoms with E-state index in [0.29, 0.717) is 17.0 Å². The van der Waals surface area contributed by atoms with Crippen LogP contribution in [-0.2, 0) is 14.4 Å². The SMILES string of the molecule is C#CCNC(=O)C[C@H](NC(=O)[C@@H]1C[C@@H](O)CN1C(=O)[C@@H](c1cc(C)no1)C(C)C)c1ccc(-c2scnc2C)cc1. The van der Waals surface area contributed by atoms with E-state index < -0.39 is 30.0 Å². The summed E-state index contributed by atoms with van der Waals surface area (Å²) >= 11 is 1.54. The lowest BCUT2D eigenvalue weighted by Gasteiger charge is -2.30. The maximum absolute atomic E-state index is 13.7. The van der Waals surface area contributed by atoms with E-state index >= 15 is 0 Å². The van der Waals surface area contributed by atoms with Crippen molar-refractivity contribution in [1.82, 2.24) is 25.7 Å². The third-order valence-corrected chi connectivity index (χ3v) is 8.14. The minimum Gasteiger partial charge on any atom is -0.391 e. The number of aliphatic hydroxyl groups is 1. The van der Waals surface area contributed by atoms with Gasteiger partial charge in [-0.15, -0.1) is 17.8 Å². The summed E-state index contributed by atoms with van der Waals surface area (Å²) in [7, 11) is 0. The molecule has 4 rings (SSSR count). The van der Waals surface area contributed by atoms with Gasteiger partial charge < -0.3 is 25.2 Å². The highest BCUT2D eigenvalue weighted by Gasteiger charge is 2.43. The molecule has 10 nitrogen and oxygen atoms in total. The Morgan fingerprint density at radius 2 is 1.98 bits per heavy atom. The molecule has 2 aromatic heterocycles. The number of carbonyl (C=O) groups is 3. The van der Waals surface area contributed by atoms with E-state index in [1.807, 2.05) is 45.0 Å². The summed E-state index contributed by atoms with van der Waals surface area (Å²) in [6.07, 6.45) is 4.46. The Balaban J connectivity index is 1.57. The van der Waals surface area contributed by atoms with Gasteiger partial charge in [0.15, 0.2) is 0 Å². The Morgan fingerprint density at radius 3 is 2.56 bits per heavy atom. The standard InChI is InChI=1S/C30H35N5O5S/c1-6-11-31-26(37)14-23(20-7-9-21(10-8-20)28-19(5)32-16-41-28)33-29(38)24-13-22(36)15-35(24)30(39)27(17(2)3)25-12-18(4)34-40-25/h1,7-10,12,16-17,22-24,27,36H,11,13-15H2,2-5H3,(H,31,37)(H,33,38)/t22-,23+,24+,27-/m1/s1. The van der Waals surface area contributed by atoms with Crippen molar-refractivity contribution in [2.24, 2.45) is 5.92 Å². The number of terminal acetylenes is 1. The fourth-order valence-corrected chi connectivity index (χ4v) is 5.93. The topological polar surface area (TPSA) is 138 Å². The van der Waals surface area contributed by atoms with E-state index in [-0.39, 0.29) is 43.7 Å². The first-order chi connectivity index (χ1) is 19.6. The molecule has 0 aliphatic carbocycles. The zero-order valence-electron chi connectivity index (χ0n) is 23.6. The molecule has 3 heterocycles. The van der Waals surface area contributed by atoms with Gasteiger partial charge in [-0.2, -0.15) is 0 Å². The van der Waals surface area contributed by atoms with E-state index in [2.05, 4.69) is 26.7 Å². The minimum atomic E-state index is -0.918. The van der Waals surface area contributed by atoms with Gasteiger partial charge in [-0.3, -0.25) is 14.4 Å². The lowest BCUT2D eigenvalue weighted by molar-refractivity contribution is -0.141. The predicted molar refractivity (Wildman–Crippen MR) is 155 cm³/mol. The molecule has 1 fully saturated rings. The molecular formula is C30H35N5O5S. The van der Waals surface area contributed by atoms with Crippen LogP contribution in [0.3, 0.4) is 0 Å². The van der Waals surface area contributed by atoms with Crippen LogP contribution in [-0.4, -0.2) is 63.1 Å². The second kappa shape index (κ2) is 13.1. The van der Waals surface area contributed by atoms with Crippen molar-refractivity contribution < 1.29 is 24.0 Å². The number of likely N-dealkylation sites (tertiary alicyclic amines) is 1. The molecule has 0 radical (unpaired) electrons. The van der Waals surface area contributed by atoms with Crippen LogP contribution in [0.2, 0.25) is 0 Å². The molecule has 3 aromatic rings. The van der Waals surface area contributed by atoms with E-state index in [0.717, 1.165) is 16.1 Å². The number of β-amino-alcohol motifs (C(OH)–C–C–N with tert-alkyl or cyclic N) is 1. The van der Waals surface area contributed by atoms with Gasteiger partial charge in [-0.25, -0.2) is 4.98 Å². The van der Waals surface area contributed by atoms with Crippen LogP contribution in [0.15, 0.2) is 40.4 Å². The Hall–Kier alpha value is -4.01. The number of nitrogens with zero attached hydrogens (tertiary/aromatic N) is 3. The Labute approximate surface area is 243 Å². The molecule has 1 aliphatic heterocycles. The molecule has 3 N–H and O–H groups in total. The predicted octanol–water partition coefficient (Wildman–Crippen LogP) is 3.11. The molecule has 1 aliphatic rings. The lowest BCUT2D eigenvalue weighted by Crippen LogP contribution is -2.49. The molecule has 0 spiro atoms. The molecule has 216 valence electrons. The van der Waals surface area contributed by atoms with E-state index in [4.69, 9.17) is 10.9 Å². The molecule has 0 unspecified atom stereocenters. The number of aryl methyl sites for hydroxylation is 2. The number of aromatic nitrogens is 2. The summed E-state index contributed by atoms with van der Waals surface area (Å²) in [5.74, 6) is 0.899. The lowest BCUT2D eigenvalue weighted by atomic mass is 9.91. The highest BCUT2D eigenvalue weighted by Crippen LogP contribution is 2.32. The van der Waals surface area contributed by atoms with Gasteiger partial charge in [0.1, 0.15) is 17.7 Å². The van der Waals surface area contributed by atoms with Crippen molar-refractivity contribution in [3.8, 4) is 22.8 Å². The highest BCUT2D eigenvalue weighted by molar-refractivity contribution is 7.13. The summed E-state index contributed by atoms with van der Waals surface area (Å²) in [4.78, 5) is 46.8. The Kier molecular flexibility index (Phi) is 9.57. The molecule has 0 saturated carbocycles. The molecular weight excluding hydrogens is 542 g/mol. The molecule has 1 saturated heterocycles. The molecule has 41 heavy (non-hydrogen) atoms. The van der Waals surface area contributed by atoms with Crippen LogP contribution in [0.1, 0.15) is 61.4 Å². The number of hydrogen-bond donors (Lipinski definition) is 3. The Bertz CT molecular complexity index is 1420. The first kappa shape index (κ1) is 30.0. The number of benzene rings is 1. The first-order valence-corrected chi connectivity index (χ1v) is 14.4. The monoisotopic (exact) mass is 577 g/mol. The smallest absolute Gasteiger partial charge is 0.243 e. The maximum Gasteiger partial charge on any atom is 0.243 e. The fraction of sp³-hybridized carbons (Fsp3) is 0.433. The van der Waals surface area contributed by atoms with Gasteiger partial charge in [-0.1, -0.05) is 49.2 Å². The Morgan fingerprint density at radius 1 is 1.24 bits per heavy atom. The largest absolute Gasteiger partial charge is 0.391 e.